The van der Waals surface area contributed by atoms with Gasteiger partial charge >= 0.3 is 0 Å². The largest absolute Gasteiger partial charge is 0.493 e. The van der Waals surface area contributed by atoms with Crippen LogP contribution in [-0.4, -0.2) is 41.8 Å². The van der Waals surface area contributed by atoms with Gasteiger partial charge < -0.3 is 19.5 Å². The molecule has 2 heterocycles. The smallest absolute Gasteiger partial charge is 0.219 e. The molecule has 1 N–H and O–H groups in total. The Balaban J connectivity index is 1.92. The van der Waals surface area contributed by atoms with Gasteiger partial charge in [-0.15, -0.1) is 0 Å². The summed E-state index contributed by atoms with van der Waals surface area (Å²) in [4.78, 5) is 13.8. The van der Waals surface area contributed by atoms with Gasteiger partial charge in [0.05, 0.1) is 18.6 Å². The highest BCUT2D eigenvalue weighted by Gasteiger charge is 2.52. The molecule has 0 saturated carbocycles. The Morgan fingerprint density at radius 2 is 2.30 bits per heavy atom. The zero-order valence-electron chi connectivity index (χ0n) is 13.4. The molecule has 2 aliphatic heterocycles. The molecule has 3 aliphatic rings. The molecule has 0 unspecified atom stereocenters. The van der Waals surface area contributed by atoms with E-state index in [0.717, 1.165) is 29.0 Å². The summed E-state index contributed by atoms with van der Waals surface area (Å²) in [5, 5.41) is 10.0. The molecule has 122 valence electrons. The molecule has 0 radical (unpaired) electrons. The Kier molecular flexibility index (Phi) is 3.17. The van der Waals surface area contributed by atoms with Gasteiger partial charge in [-0.25, -0.2) is 0 Å². The molecular formula is C18H21NO4. The summed E-state index contributed by atoms with van der Waals surface area (Å²) in [7, 11) is 1.64. The fourth-order valence-corrected chi connectivity index (χ4v) is 4.21. The van der Waals surface area contributed by atoms with Crippen LogP contribution in [0.2, 0.25) is 0 Å². The van der Waals surface area contributed by atoms with Crippen molar-refractivity contribution in [2.45, 2.75) is 43.9 Å². The fourth-order valence-electron chi connectivity index (χ4n) is 4.21. The van der Waals surface area contributed by atoms with Gasteiger partial charge in [0.2, 0.25) is 5.91 Å². The standard InChI is InChI=1S/C18H21NO4/c1-11(20)19-8-7-18-6-5-13(21)9-15(18)23-17-14(22-2)4-3-12(10-19)16(17)18/h3-6,13,15,21H,7-10H2,1-2H3/t13-,15-,18-/m0/s1. The van der Waals surface area contributed by atoms with Crippen molar-refractivity contribution in [2.24, 2.45) is 0 Å². The molecular weight excluding hydrogens is 294 g/mol. The Labute approximate surface area is 135 Å². The van der Waals surface area contributed by atoms with E-state index in [2.05, 4.69) is 6.08 Å². The molecule has 1 amide bonds. The minimum Gasteiger partial charge on any atom is -0.493 e. The number of hydrogen-bond donors (Lipinski definition) is 1. The number of carbonyl (C=O) groups excluding carboxylic acids is 1. The Morgan fingerprint density at radius 1 is 1.48 bits per heavy atom. The number of ether oxygens (including phenoxy) is 2. The van der Waals surface area contributed by atoms with Crippen molar-refractivity contribution in [2.75, 3.05) is 13.7 Å². The molecule has 1 aliphatic carbocycles. The number of aliphatic hydroxyl groups excluding tert-OH is 1. The van der Waals surface area contributed by atoms with Crippen molar-refractivity contribution in [1.82, 2.24) is 4.90 Å². The summed E-state index contributed by atoms with van der Waals surface area (Å²) < 4.78 is 11.7. The number of nitrogens with zero attached hydrogens (tertiary/aromatic N) is 1. The fraction of sp³-hybridized carbons (Fsp3) is 0.500. The van der Waals surface area contributed by atoms with Crippen molar-refractivity contribution < 1.29 is 19.4 Å². The van der Waals surface area contributed by atoms with Gasteiger partial charge in [-0.2, -0.15) is 0 Å². The van der Waals surface area contributed by atoms with Gasteiger partial charge in [-0.3, -0.25) is 4.79 Å². The third-order valence-corrected chi connectivity index (χ3v) is 5.40. The number of hydrogen-bond acceptors (Lipinski definition) is 4. The van der Waals surface area contributed by atoms with Crippen molar-refractivity contribution in [1.29, 1.82) is 0 Å². The van der Waals surface area contributed by atoms with Crippen LogP contribution in [-0.2, 0) is 16.8 Å². The second kappa shape index (κ2) is 4.99. The van der Waals surface area contributed by atoms with E-state index in [1.807, 2.05) is 23.1 Å². The maximum absolute atomic E-state index is 11.9. The minimum atomic E-state index is -0.485. The zero-order chi connectivity index (χ0) is 16.2. The molecule has 3 atom stereocenters. The van der Waals surface area contributed by atoms with E-state index in [1.165, 1.54) is 0 Å². The summed E-state index contributed by atoms with van der Waals surface area (Å²) in [5.41, 5.74) is 1.97. The summed E-state index contributed by atoms with van der Waals surface area (Å²) in [6, 6.07) is 3.94. The SMILES string of the molecule is COc1ccc2c3c1O[C@H]1C[C@@H](O)C=C[C@@]31CCN(C(C)=O)C2. The van der Waals surface area contributed by atoms with Crippen molar-refractivity contribution in [3.63, 3.8) is 0 Å². The summed E-state index contributed by atoms with van der Waals surface area (Å²) in [5.74, 6) is 1.58. The van der Waals surface area contributed by atoms with Gasteiger partial charge in [-0.1, -0.05) is 18.2 Å². The quantitative estimate of drug-likeness (QED) is 0.803. The zero-order valence-corrected chi connectivity index (χ0v) is 13.4. The first-order chi connectivity index (χ1) is 11.0. The lowest BCUT2D eigenvalue weighted by atomic mass is 9.69. The van der Waals surface area contributed by atoms with E-state index in [1.54, 1.807) is 14.0 Å². The van der Waals surface area contributed by atoms with Crippen LogP contribution in [0.4, 0.5) is 0 Å². The first-order valence-electron chi connectivity index (χ1n) is 8.05. The van der Waals surface area contributed by atoms with E-state index in [9.17, 15) is 9.90 Å². The van der Waals surface area contributed by atoms with Gasteiger partial charge in [0, 0.05) is 32.0 Å². The molecule has 1 aromatic rings. The number of methoxy groups -OCH3 is 1. The molecule has 0 aromatic heterocycles. The average Bonchev–Trinajstić information content (AvgIpc) is 2.75. The second-order valence-electron chi connectivity index (χ2n) is 6.63. The second-order valence-corrected chi connectivity index (χ2v) is 6.63. The molecule has 5 nitrogen and oxygen atoms in total. The van der Waals surface area contributed by atoms with Crippen LogP contribution in [0.5, 0.6) is 11.5 Å². The lowest BCUT2D eigenvalue weighted by molar-refractivity contribution is -0.129. The molecule has 4 rings (SSSR count). The molecule has 5 heteroatoms. The Morgan fingerprint density at radius 3 is 3.04 bits per heavy atom. The third-order valence-electron chi connectivity index (χ3n) is 5.40. The highest BCUT2D eigenvalue weighted by molar-refractivity contribution is 5.74. The highest BCUT2D eigenvalue weighted by atomic mass is 16.5. The van der Waals surface area contributed by atoms with Crippen LogP contribution in [0.25, 0.3) is 0 Å². The normalized spacial score (nSPS) is 31.0. The lowest BCUT2D eigenvalue weighted by Gasteiger charge is -2.35. The highest BCUT2D eigenvalue weighted by Crippen LogP contribution is 2.55. The number of amides is 1. The lowest BCUT2D eigenvalue weighted by Crippen LogP contribution is -2.43. The molecule has 23 heavy (non-hydrogen) atoms. The molecule has 0 bridgehead atoms. The average molecular weight is 315 g/mol. The van der Waals surface area contributed by atoms with Crippen LogP contribution in [0, 0.1) is 0 Å². The van der Waals surface area contributed by atoms with Crippen LogP contribution in [0.15, 0.2) is 24.3 Å². The van der Waals surface area contributed by atoms with Gasteiger partial charge in [-0.05, 0) is 18.1 Å². The molecule has 1 spiro atoms. The van der Waals surface area contributed by atoms with E-state index >= 15 is 0 Å². The summed E-state index contributed by atoms with van der Waals surface area (Å²) >= 11 is 0. The number of rotatable bonds is 1. The predicted molar refractivity (Wildman–Crippen MR) is 84.6 cm³/mol. The Bertz CT molecular complexity index is 699. The van der Waals surface area contributed by atoms with Crippen LogP contribution >= 0.6 is 0 Å². The van der Waals surface area contributed by atoms with E-state index in [0.29, 0.717) is 19.5 Å². The topological polar surface area (TPSA) is 59.0 Å². The van der Waals surface area contributed by atoms with Crippen LogP contribution < -0.4 is 9.47 Å². The number of aliphatic hydroxyl groups is 1. The number of carbonyl (C=O) groups is 1. The molecule has 0 fully saturated rings. The predicted octanol–water partition coefficient (Wildman–Crippen LogP) is 1.77. The van der Waals surface area contributed by atoms with Crippen molar-refractivity contribution in [3.8, 4) is 11.5 Å². The first kappa shape index (κ1) is 14.6. The summed E-state index contributed by atoms with van der Waals surface area (Å²) in [6.07, 6.45) is 4.72. The van der Waals surface area contributed by atoms with Gasteiger partial charge in [0.1, 0.15) is 6.10 Å². The monoisotopic (exact) mass is 315 g/mol. The van der Waals surface area contributed by atoms with Gasteiger partial charge in [0.25, 0.3) is 0 Å². The number of benzene rings is 1. The van der Waals surface area contributed by atoms with Gasteiger partial charge in [0.15, 0.2) is 11.5 Å². The van der Waals surface area contributed by atoms with Crippen molar-refractivity contribution in [3.05, 3.63) is 35.4 Å². The first-order valence-corrected chi connectivity index (χ1v) is 8.05. The molecule has 1 aromatic carbocycles. The van der Waals surface area contributed by atoms with E-state index < -0.39 is 6.10 Å². The van der Waals surface area contributed by atoms with Crippen LogP contribution in [0.1, 0.15) is 30.9 Å². The third kappa shape index (κ3) is 1.99. The van der Waals surface area contributed by atoms with E-state index in [-0.39, 0.29) is 17.4 Å². The maximum Gasteiger partial charge on any atom is 0.219 e. The minimum absolute atomic E-state index is 0.0863. The summed E-state index contributed by atoms with van der Waals surface area (Å²) in [6.45, 7) is 2.89. The molecule has 0 saturated heterocycles. The maximum atomic E-state index is 11.9. The van der Waals surface area contributed by atoms with Crippen molar-refractivity contribution >= 4 is 5.91 Å². The van der Waals surface area contributed by atoms with E-state index in [4.69, 9.17) is 9.47 Å². The Hall–Kier alpha value is -2.01. The van der Waals surface area contributed by atoms with Crippen LogP contribution in [0.3, 0.4) is 0 Å².